The molecule has 0 amide bonds. The van der Waals surface area contributed by atoms with Crippen molar-refractivity contribution < 1.29 is 9.90 Å². The lowest BCUT2D eigenvalue weighted by atomic mass is 9.95. The molecule has 6 rings (SSSR count). The lowest BCUT2D eigenvalue weighted by Crippen LogP contribution is -2.26. The van der Waals surface area contributed by atoms with E-state index in [0.717, 1.165) is 29.7 Å². The second kappa shape index (κ2) is 10.5. The molecule has 2 aliphatic rings. The number of carbonyl (C=O) groups is 1. The highest BCUT2D eigenvalue weighted by atomic mass is 16.4. The van der Waals surface area contributed by atoms with Crippen LogP contribution in [0.25, 0.3) is 17.7 Å². The van der Waals surface area contributed by atoms with Gasteiger partial charge in [0.1, 0.15) is 11.6 Å². The first-order valence-electron chi connectivity index (χ1n) is 13.3. The Morgan fingerprint density at radius 2 is 1.46 bits per heavy atom. The summed E-state index contributed by atoms with van der Waals surface area (Å²) < 4.78 is 0. The number of carboxylic acid groups (broad SMARTS) is 1. The summed E-state index contributed by atoms with van der Waals surface area (Å²) in [6.07, 6.45) is 7.12. The van der Waals surface area contributed by atoms with Gasteiger partial charge in [-0.3, -0.25) is 0 Å². The van der Waals surface area contributed by atoms with Gasteiger partial charge in [-0.15, -0.1) is 0 Å². The quantitative estimate of drug-likeness (QED) is 0.163. The Morgan fingerprint density at radius 3 is 2.08 bits per heavy atom. The van der Waals surface area contributed by atoms with E-state index in [4.69, 9.17) is 0 Å². The molecule has 2 atom stereocenters. The van der Waals surface area contributed by atoms with Gasteiger partial charge in [0.25, 0.3) is 0 Å². The van der Waals surface area contributed by atoms with E-state index in [1.54, 1.807) is 6.07 Å². The minimum atomic E-state index is -1.20. The van der Waals surface area contributed by atoms with Crippen molar-refractivity contribution in [2.75, 3.05) is 4.90 Å². The van der Waals surface area contributed by atoms with E-state index in [1.165, 1.54) is 40.4 Å². The number of hydrogen-bond acceptors (Lipinski definition) is 3. The molecule has 0 aromatic heterocycles. The van der Waals surface area contributed by atoms with Crippen LogP contribution in [-0.4, -0.2) is 17.1 Å². The highest BCUT2D eigenvalue weighted by molar-refractivity contribution is 5.96. The predicted molar refractivity (Wildman–Crippen MR) is 156 cm³/mol. The number of rotatable bonds is 6. The zero-order chi connectivity index (χ0) is 26.8. The van der Waals surface area contributed by atoms with Crippen molar-refractivity contribution in [2.45, 2.75) is 31.2 Å². The molecule has 4 aromatic carbocycles. The Balaban J connectivity index is 1.35. The number of aliphatic carboxylic acids is 1. The average molecular weight is 509 g/mol. The zero-order valence-corrected chi connectivity index (χ0v) is 21.5. The van der Waals surface area contributed by atoms with Crippen molar-refractivity contribution in [3.8, 4) is 6.07 Å². The molecule has 0 spiro atoms. The standard InChI is InChI=1S/C35H28N2O2/c36-23-28(35(38)39)20-25-16-19-34-32(22-25)30-12-7-13-33(30)37(34)29-17-14-24(15-18-29)21-31(26-8-3-1-4-9-26)27-10-5-2-6-11-27/h1-6,8-11,14-22,30,33H,7,12-13H2,(H,38,39)/b28-20-. The van der Waals surface area contributed by atoms with Crippen LogP contribution in [-0.2, 0) is 4.79 Å². The molecule has 1 aliphatic heterocycles. The van der Waals surface area contributed by atoms with Gasteiger partial charge in [0.05, 0.1) is 0 Å². The summed E-state index contributed by atoms with van der Waals surface area (Å²) in [6, 6.07) is 38.0. The zero-order valence-electron chi connectivity index (χ0n) is 21.5. The Morgan fingerprint density at radius 1 is 0.821 bits per heavy atom. The number of anilines is 2. The third-order valence-corrected chi connectivity index (χ3v) is 7.84. The van der Waals surface area contributed by atoms with Gasteiger partial charge in [-0.2, -0.15) is 5.26 Å². The van der Waals surface area contributed by atoms with Crippen molar-refractivity contribution >= 4 is 35.1 Å². The summed E-state index contributed by atoms with van der Waals surface area (Å²) in [5.74, 6) is -0.791. The number of benzene rings is 4. The van der Waals surface area contributed by atoms with Gasteiger partial charge in [-0.05, 0) is 82.6 Å². The van der Waals surface area contributed by atoms with Crippen molar-refractivity contribution in [3.63, 3.8) is 0 Å². The highest BCUT2D eigenvalue weighted by Crippen LogP contribution is 2.52. The second-order valence-corrected chi connectivity index (χ2v) is 10.1. The Bertz CT molecular complexity index is 1570. The third-order valence-electron chi connectivity index (χ3n) is 7.84. The molecule has 1 saturated carbocycles. The molecule has 1 fully saturated rings. The molecule has 0 radical (unpaired) electrons. The monoisotopic (exact) mass is 508 g/mol. The van der Waals surface area contributed by atoms with E-state index >= 15 is 0 Å². The minimum Gasteiger partial charge on any atom is -0.477 e. The maximum Gasteiger partial charge on any atom is 0.346 e. The van der Waals surface area contributed by atoms with Crippen molar-refractivity contribution in [2.24, 2.45) is 0 Å². The molecule has 1 aliphatic carbocycles. The van der Waals surface area contributed by atoms with Crippen LogP contribution in [0.5, 0.6) is 0 Å². The van der Waals surface area contributed by atoms with Crippen LogP contribution in [0, 0.1) is 11.3 Å². The summed E-state index contributed by atoms with van der Waals surface area (Å²) in [6.45, 7) is 0. The summed E-state index contributed by atoms with van der Waals surface area (Å²) in [5, 5.41) is 18.5. The Labute approximate surface area is 228 Å². The van der Waals surface area contributed by atoms with Crippen LogP contribution in [0.2, 0.25) is 0 Å². The fraction of sp³-hybridized carbons (Fsp3) is 0.143. The van der Waals surface area contributed by atoms with Crippen LogP contribution in [0.3, 0.4) is 0 Å². The largest absolute Gasteiger partial charge is 0.477 e. The molecule has 1 N–H and O–H groups in total. The third kappa shape index (κ3) is 4.76. The summed E-state index contributed by atoms with van der Waals surface area (Å²) in [5.41, 5.74) is 8.78. The topological polar surface area (TPSA) is 64.3 Å². The van der Waals surface area contributed by atoms with Crippen LogP contribution < -0.4 is 4.90 Å². The molecule has 4 heteroatoms. The first-order chi connectivity index (χ1) is 19.1. The van der Waals surface area contributed by atoms with Crippen LogP contribution in [0.15, 0.2) is 109 Å². The highest BCUT2D eigenvalue weighted by Gasteiger charge is 2.42. The summed E-state index contributed by atoms with van der Waals surface area (Å²) in [7, 11) is 0. The van der Waals surface area contributed by atoms with Gasteiger partial charge in [0, 0.05) is 23.3 Å². The Kier molecular flexibility index (Phi) is 6.57. The number of hydrogen-bond donors (Lipinski definition) is 1. The van der Waals surface area contributed by atoms with Crippen LogP contribution in [0.1, 0.15) is 53.0 Å². The van der Waals surface area contributed by atoms with Crippen molar-refractivity contribution in [3.05, 3.63) is 137 Å². The summed E-state index contributed by atoms with van der Waals surface area (Å²) >= 11 is 0. The maximum atomic E-state index is 11.3. The predicted octanol–water partition coefficient (Wildman–Crippen LogP) is 8.05. The van der Waals surface area contributed by atoms with Gasteiger partial charge in [0.15, 0.2) is 0 Å². The van der Waals surface area contributed by atoms with E-state index in [-0.39, 0.29) is 5.57 Å². The first-order valence-corrected chi connectivity index (χ1v) is 13.3. The van der Waals surface area contributed by atoms with E-state index in [1.807, 2.05) is 18.2 Å². The lowest BCUT2D eigenvalue weighted by molar-refractivity contribution is -0.132. The lowest BCUT2D eigenvalue weighted by Gasteiger charge is -2.27. The molecular weight excluding hydrogens is 480 g/mol. The number of nitriles is 1. The van der Waals surface area contributed by atoms with E-state index in [9.17, 15) is 15.2 Å². The molecule has 4 nitrogen and oxygen atoms in total. The maximum absolute atomic E-state index is 11.3. The normalized spacial score (nSPS) is 17.7. The average Bonchev–Trinajstić information content (AvgIpc) is 3.57. The second-order valence-electron chi connectivity index (χ2n) is 10.1. The summed E-state index contributed by atoms with van der Waals surface area (Å²) in [4.78, 5) is 13.8. The van der Waals surface area contributed by atoms with Crippen LogP contribution >= 0.6 is 0 Å². The van der Waals surface area contributed by atoms with Gasteiger partial charge in [-0.25, -0.2) is 4.79 Å². The Hall–Kier alpha value is -4.88. The number of carboxylic acids is 1. The fourth-order valence-corrected chi connectivity index (χ4v) is 6.08. The SMILES string of the molecule is N#C/C(=C/c1ccc2c(c1)C1CCCC1N2c1ccc(C=C(c2ccccc2)c2ccccc2)cc1)C(=O)O. The van der Waals surface area contributed by atoms with Gasteiger partial charge >= 0.3 is 5.97 Å². The number of fused-ring (bicyclic) bond motifs is 3. The van der Waals surface area contributed by atoms with Gasteiger partial charge in [-0.1, -0.05) is 85.3 Å². The molecule has 1 heterocycles. The molecular formula is C35H28N2O2. The van der Waals surface area contributed by atoms with E-state index < -0.39 is 5.97 Å². The van der Waals surface area contributed by atoms with Gasteiger partial charge in [0.2, 0.25) is 0 Å². The fourth-order valence-electron chi connectivity index (χ4n) is 6.08. The smallest absolute Gasteiger partial charge is 0.346 e. The van der Waals surface area contributed by atoms with Crippen LogP contribution in [0.4, 0.5) is 11.4 Å². The molecule has 2 unspecified atom stereocenters. The molecule has 0 bridgehead atoms. The number of nitrogens with zero attached hydrogens (tertiary/aromatic N) is 2. The minimum absolute atomic E-state index is 0.248. The van der Waals surface area contributed by atoms with E-state index in [2.05, 4.69) is 95.9 Å². The van der Waals surface area contributed by atoms with Crippen molar-refractivity contribution in [1.29, 1.82) is 5.26 Å². The molecule has 39 heavy (non-hydrogen) atoms. The van der Waals surface area contributed by atoms with Gasteiger partial charge < -0.3 is 10.0 Å². The first kappa shape index (κ1) is 24.5. The van der Waals surface area contributed by atoms with Crippen molar-refractivity contribution in [1.82, 2.24) is 0 Å². The molecule has 0 saturated heterocycles. The molecule has 4 aromatic rings. The van der Waals surface area contributed by atoms with E-state index in [0.29, 0.717) is 12.0 Å². The molecule has 190 valence electrons.